The summed E-state index contributed by atoms with van der Waals surface area (Å²) in [7, 11) is 0. The van der Waals surface area contributed by atoms with Crippen molar-refractivity contribution in [2.75, 3.05) is 26.4 Å². The topological polar surface area (TPSA) is 103 Å². The van der Waals surface area contributed by atoms with E-state index in [0.29, 0.717) is 43.3 Å². The highest BCUT2D eigenvalue weighted by molar-refractivity contribution is 6.32. The first-order chi connectivity index (χ1) is 18.7. The van der Waals surface area contributed by atoms with E-state index in [9.17, 15) is 23.1 Å². The number of unbranched alkanes of at least 4 members (excludes halogenated alkanes) is 1. The van der Waals surface area contributed by atoms with Crippen LogP contribution >= 0.6 is 11.6 Å². The summed E-state index contributed by atoms with van der Waals surface area (Å²) in [6.07, 6.45) is 0.108. The van der Waals surface area contributed by atoms with Crippen LogP contribution in [0.1, 0.15) is 28.8 Å². The first-order valence-electron chi connectivity index (χ1n) is 12.1. The zero-order valence-corrected chi connectivity index (χ0v) is 21.4. The van der Waals surface area contributed by atoms with Gasteiger partial charge in [-0.05, 0) is 55.3 Å². The molecule has 2 aromatic carbocycles. The van der Waals surface area contributed by atoms with Crippen LogP contribution in [0.5, 0.6) is 11.6 Å². The Morgan fingerprint density at radius 2 is 1.85 bits per heavy atom. The third-order valence-electron chi connectivity index (χ3n) is 5.72. The summed E-state index contributed by atoms with van der Waals surface area (Å²) in [5.74, 6) is -1.08. The number of halogens is 4. The van der Waals surface area contributed by atoms with Gasteiger partial charge in [0, 0.05) is 41.7 Å². The van der Waals surface area contributed by atoms with Crippen LogP contribution in [0.3, 0.4) is 0 Å². The van der Waals surface area contributed by atoms with Gasteiger partial charge in [0.15, 0.2) is 0 Å². The predicted octanol–water partition coefficient (Wildman–Crippen LogP) is 6.00. The van der Waals surface area contributed by atoms with Crippen LogP contribution in [0, 0.1) is 0 Å². The Morgan fingerprint density at radius 1 is 1.00 bits per heavy atom. The van der Waals surface area contributed by atoms with E-state index >= 15 is 0 Å². The number of hydrogen-bond acceptors (Lipinski definition) is 7. The molecule has 0 atom stereocenters. The number of aromatic nitrogens is 2. The summed E-state index contributed by atoms with van der Waals surface area (Å²) in [5, 5.41) is 14.7. The number of carboxylic acids is 1. The van der Waals surface area contributed by atoms with Gasteiger partial charge in [-0.25, -0.2) is 9.78 Å². The lowest BCUT2D eigenvalue weighted by molar-refractivity contribution is -0.274. The maximum atomic E-state index is 12.5. The molecule has 8 nitrogen and oxygen atoms in total. The number of ether oxygens (including phenoxy) is 3. The number of benzene rings is 2. The number of carbonyl (C=O) groups is 1. The molecule has 0 radical (unpaired) electrons. The minimum absolute atomic E-state index is 0.105. The minimum Gasteiger partial charge on any atom is -0.478 e. The molecule has 2 heterocycles. The van der Waals surface area contributed by atoms with Crippen molar-refractivity contribution in [3.8, 4) is 11.6 Å². The highest BCUT2D eigenvalue weighted by Crippen LogP contribution is 2.32. The fourth-order valence-electron chi connectivity index (χ4n) is 3.91. The molecule has 206 valence electrons. The predicted molar refractivity (Wildman–Crippen MR) is 139 cm³/mol. The fraction of sp³-hybridized carbons (Fsp3) is 0.296. The van der Waals surface area contributed by atoms with E-state index in [0.717, 1.165) is 29.0 Å². The third kappa shape index (κ3) is 7.92. The number of fused-ring (bicyclic) bond motifs is 3. The summed E-state index contributed by atoms with van der Waals surface area (Å²) in [4.78, 5) is 20.0. The van der Waals surface area contributed by atoms with Crippen LogP contribution in [-0.2, 0) is 11.3 Å². The molecule has 4 aromatic rings. The molecule has 0 unspecified atom stereocenters. The van der Waals surface area contributed by atoms with Crippen LogP contribution in [0.4, 0.5) is 13.2 Å². The van der Waals surface area contributed by atoms with Crippen molar-refractivity contribution in [2.24, 2.45) is 0 Å². The number of nitrogens with zero attached hydrogens (tertiary/aromatic N) is 2. The van der Waals surface area contributed by atoms with Crippen LogP contribution < -0.4 is 14.8 Å². The maximum absolute atomic E-state index is 12.5. The van der Waals surface area contributed by atoms with E-state index < -0.39 is 18.1 Å². The summed E-state index contributed by atoms with van der Waals surface area (Å²) >= 11 is 5.76. The zero-order valence-electron chi connectivity index (χ0n) is 20.6. The fourth-order valence-corrected chi connectivity index (χ4v) is 4.06. The lowest BCUT2D eigenvalue weighted by Crippen LogP contribution is -2.18. The molecule has 0 saturated carbocycles. The van der Waals surface area contributed by atoms with Gasteiger partial charge < -0.3 is 24.6 Å². The van der Waals surface area contributed by atoms with E-state index in [4.69, 9.17) is 21.1 Å². The average Bonchev–Trinajstić information content (AvgIpc) is 2.90. The van der Waals surface area contributed by atoms with E-state index in [1.807, 2.05) is 0 Å². The van der Waals surface area contributed by atoms with Crippen LogP contribution in [0.2, 0.25) is 5.02 Å². The monoisotopic (exact) mass is 563 g/mol. The second-order valence-electron chi connectivity index (χ2n) is 8.53. The number of carboxylic acid groups (broad SMARTS) is 1. The van der Waals surface area contributed by atoms with Gasteiger partial charge in [0.05, 0.1) is 22.7 Å². The number of pyridine rings is 2. The number of hydrogen-bond donors (Lipinski definition) is 2. The van der Waals surface area contributed by atoms with Gasteiger partial charge in [0.2, 0.25) is 5.88 Å². The van der Waals surface area contributed by atoms with E-state index in [-0.39, 0.29) is 17.2 Å². The number of alkyl halides is 3. The molecule has 0 amide bonds. The summed E-state index contributed by atoms with van der Waals surface area (Å²) in [6, 6.07) is 10.8. The van der Waals surface area contributed by atoms with Gasteiger partial charge >= 0.3 is 12.3 Å². The Labute approximate surface area is 226 Å². The van der Waals surface area contributed by atoms with Gasteiger partial charge in [-0.1, -0.05) is 23.7 Å². The lowest BCUT2D eigenvalue weighted by atomic mass is 10.1. The Morgan fingerprint density at radius 3 is 2.64 bits per heavy atom. The van der Waals surface area contributed by atoms with E-state index in [2.05, 4.69) is 20.0 Å². The Balaban J connectivity index is 1.18. The van der Waals surface area contributed by atoms with Crippen LogP contribution in [0.25, 0.3) is 21.7 Å². The number of rotatable bonds is 13. The maximum Gasteiger partial charge on any atom is 0.573 e. The molecule has 0 aliphatic rings. The standard InChI is InChI=1S/C27H25ClF3N3O5/c28-22-6-3-17(13-24(22)39-27(29,30)31)15-32-8-1-2-10-37-11-12-38-25-20-7-9-33-16-21(20)19-5-4-18(26(35)36)14-23(19)34-25/h3-7,9,13-14,16,32H,1-2,8,10-12,15H2,(H,35,36). The van der Waals surface area contributed by atoms with E-state index in [1.54, 1.807) is 30.6 Å². The van der Waals surface area contributed by atoms with Gasteiger partial charge in [-0.3, -0.25) is 4.98 Å². The second-order valence-corrected chi connectivity index (χ2v) is 8.94. The Hall–Kier alpha value is -3.67. The van der Waals surface area contributed by atoms with Crippen LogP contribution in [-0.4, -0.2) is 53.8 Å². The molecule has 0 spiro atoms. The van der Waals surface area contributed by atoms with Crippen molar-refractivity contribution in [1.82, 2.24) is 15.3 Å². The first kappa shape index (κ1) is 28.3. The highest BCUT2D eigenvalue weighted by Gasteiger charge is 2.32. The molecule has 2 N–H and O–H groups in total. The smallest absolute Gasteiger partial charge is 0.478 e. The molecule has 4 rings (SSSR count). The van der Waals surface area contributed by atoms with Crippen molar-refractivity contribution < 1.29 is 37.3 Å². The SMILES string of the molecule is O=C(O)c1ccc2c(c1)nc(OCCOCCCCNCc1ccc(Cl)c(OC(F)(F)F)c1)c1ccncc12. The third-order valence-corrected chi connectivity index (χ3v) is 6.03. The lowest BCUT2D eigenvalue weighted by Gasteiger charge is -2.12. The molecular formula is C27H25ClF3N3O5. The van der Waals surface area contributed by atoms with Crippen molar-refractivity contribution in [3.05, 3.63) is 71.0 Å². The van der Waals surface area contributed by atoms with E-state index in [1.165, 1.54) is 24.3 Å². The molecular weight excluding hydrogens is 539 g/mol. The average molecular weight is 564 g/mol. The van der Waals surface area contributed by atoms with Crippen LogP contribution in [0.15, 0.2) is 54.9 Å². The summed E-state index contributed by atoms with van der Waals surface area (Å²) in [6.45, 7) is 2.12. The van der Waals surface area contributed by atoms with Crippen molar-refractivity contribution in [3.63, 3.8) is 0 Å². The quantitative estimate of drug-likeness (QED) is 0.151. The second kappa shape index (κ2) is 12.9. The largest absolute Gasteiger partial charge is 0.573 e. The van der Waals surface area contributed by atoms with Crippen molar-refractivity contribution in [2.45, 2.75) is 25.7 Å². The normalized spacial score (nSPS) is 11.7. The van der Waals surface area contributed by atoms with Crippen molar-refractivity contribution >= 4 is 39.2 Å². The van der Waals surface area contributed by atoms with Gasteiger partial charge in [0.1, 0.15) is 12.4 Å². The molecule has 12 heteroatoms. The molecule has 0 fully saturated rings. The first-order valence-corrected chi connectivity index (χ1v) is 12.5. The highest BCUT2D eigenvalue weighted by atomic mass is 35.5. The molecule has 2 aromatic heterocycles. The summed E-state index contributed by atoms with van der Waals surface area (Å²) in [5.41, 5.74) is 1.26. The van der Waals surface area contributed by atoms with Gasteiger partial charge in [-0.15, -0.1) is 13.2 Å². The Kier molecular flexibility index (Phi) is 9.39. The van der Waals surface area contributed by atoms with Crippen molar-refractivity contribution in [1.29, 1.82) is 0 Å². The number of aromatic carboxylic acids is 1. The molecule has 0 bridgehead atoms. The number of nitrogens with one attached hydrogen (secondary N) is 1. The van der Waals surface area contributed by atoms with Gasteiger partial charge in [-0.2, -0.15) is 0 Å². The summed E-state index contributed by atoms with van der Waals surface area (Å²) < 4.78 is 52.8. The zero-order chi connectivity index (χ0) is 27.8. The molecule has 0 aliphatic carbocycles. The molecule has 0 saturated heterocycles. The molecule has 39 heavy (non-hydrogen) atoms. The Bertz CT molecular complexity index is 1450. The minimum atomic E-state index is -4.80. The molecule has 0 aliphatic heterocycles. The van der Waals surface area contributed by atoms with Gasteiger partial charge in [0.25, 0.3) is 0 Å².